The van der Waals surface area contributed by atoms with E-state index in [0.29, 0.717) is 0 Å². The summed E-state index contributed by atoms with van der Waals surface area (Å²) in [7, 11) is 7.10. The van der Waals surface area contributed by atoms with Crippen molar-refractivity contribution in [1.29, 1.82) is 0 Å². The Morgan fingerprint density at radius 3 is 0.897 bits per heavy atom. The molecule has 0 amide bonds. The van der Waals surface area contributed by atoms with Gasteiger partial charge in [-0.3, -0.25) is 0 Å². The first-order valence-electron chi connectivity index (χ1n) is 9.65. The molecular formula is C24H27ClO3Ti. The van der Waals surface area contributed by atoms with Crippen molar-refractivity contribution in [1.82, 2.24) is 0 Å². The van der Waals surface area contributed by atoms with Crippen molar-refractivity contribution in [3.8, 4) is 17.2 Å². The zero-order valence-corrected chi connectivity index (χ0v) is 20.1. The molecule has 3 aromatic carbocycles. The average molecular weight is 447 g/mol. The molecule has 3 nitrogen and oxygen atoms in total. The molecule has 0 unspecified atom stereocenters. The third-order valence-corrected chi connectivity index (χ3v) is 7.95. The molecule has 0 fully saturated rings. The van der Waals surface area contributed by atoms with Crippen molar-refractivity contribution in [3.05, 3.63) is 88.0 Å². The number of rotatable bonds is 6. The van der Waals surface area contributed by atoms with Gasteiger partial charge < -0.3 is 0 Å². The standard InChI is InChI=1S/3C8H10O.ClH.Ti/c3*1-6-4-3-5-7(2)8(6)9;;/h3*3-5,9H,1-2H3;1H;/q;;;;+4/p-4. The summed E-state index contributed by atoms with van der Waals surface area (Å²) in [4.78, 5) is 0. The normalized spacial score (nSPS) is 11.3. The summed E-state index contributed by atoms with van der Waals surface area (Å²) < 4.78 is 19.2. The van der Waals surface area contributed by atoms with Crippen LogP contribution in [0.2, 0.25) is 0 Å². The molecule has 0 saturated carbocycles. The molecular weight excluding hydrogens is 420 g/mol. The number of hydrogen-bond acceptors (Lipinski definition) is 3. The SMILES string of the molecule is Cc1cccc(C)c1[O][Ti]([Cl])([O]c1c(C)cccc1C)[O]c1c(C)cccc1C. The van der Waals surface area contributed by atoms with Gasteiger partial charge in [-0.15, -0.1) is 0 Å². The van der Waals surface area contributed by atoms with Crippen LogP contribution in [-0.4, -0.2) is 0 Å². The van der Waals surface area contributed by atoms with Gasteiger partial charge >= 0.3 is 183 Å². The monoisotopic (exact) mass is 446 g/mol. The Labute approximate surface area is 182 Å². The predicted octanol–water partition coefficient (Wildman–Crippen LogP) is 7.13. The summed E-state index contributed by atoms with van der Waals surface area (Å²) >= 11 is -4.32. The zero-order valence-electron chi connectivity index (χ0n) is 17.8. The van der Waals surface area contributed by atoms with Gasteiger partial charge in [-0.1, -0.05) is 0 Å². The van der Waals surface area contributed by atoms with Crippen LogP contribution in [0.1, 0.15) is 33.4 Å². The summed E-state index contributed by atoms with van der Waals surface area (Å²) in [5.41, 5.74) is 5.98. The van der Waals surface area contributed by atoms with Crippen molar-refractivity contribution in [2.75, 3.05) is 0 Å². The van der Waals surface area contributed by atoms with E-state index in [-0.39, 0.29) is 0 Å². The Balaban J connectivity index is 2.07. The number of halogens is 1. The maximum atomic E-state index is 7.10. The number of hydrogen-bond donors (Lipinski definition) is 0. The second kappa shape index (κ2) is 8.83. The van der Waals surface area contributed by atoms with Gasteiger partial charge in [0, 0.05) is 0 Å². The third kappa shape index (κ3) is 4.98. The van der Waals surface area contributed by atoms with E-state index in [9.17, 15) is 0 Å². The van der Waals surface area contributed by atoms with Crippen molar-refractivity contribution in [2.24, 2.45) is 0 Å². The van der Waals surface area contributed by atoms with Crippen LogP contribution in [0.15, 0.2) is 54.6 Å². The number of benzene rings is 3. The van der Waals surface area contributed by atoms with E-state index in [4.69, 9.17) is 19.3 Å². The summed E-state index contributed by atoms with van der Waals surface area (Å²) in [6, 6.07) is 18.0. The van der Waals surface area contributed by atoms with Crippen LogP contribution < -0.4 is 9.96 Å². The molecule has 0 bridgehead atoms. The van der Waals surface area contributed by atoms with Gasteiger partial charge in [0.25, 0.3) is 0 Å². The van der Waals surface area contributed by atoms with Gasteiger partial charge in [-0.25, -0.2) is 0 Å². The molecule has 0 aliphatic heterocycles. The van der Waals surface area contributed by atoms with E-state index in [2.05, 4.69) is 0 Å². The van der Waals surface area contributed by atoms with E-state index >= 15 is 0 Å². The van der Waals surface area contributed by atoms with Crippen molar-refractivity contribution in [3.63, 3.8) is 0 Å². The molecule has 0 heterocycles. The second-order valence-corrected chi connectivity index (χ2v) is 11.8. The predicted molar refractivity (Wildman–Crippen MR) is 115 cm³/mol. The molecule has 0 saturated heterocycles. The Kier molecular flexibility index (Phi) is 6.63. The molecule has 0 aliphatic carbocycles. The van der Waals surface area contributed by atoms with E-state index in [1.54, 1.807) is 0 Å². The van der Waals surface area contributed by atoms with E-state index < -0.39 is 16.7 Å². The molecule has 29 heavy (non-hydrogen) atoms. The average Bonchev–Trinajstić information content (AvgIpc) is 2.65. The number of aryl methyl sites for hydroxylation is 6. The fourth-order valence-corrected chi connectivity index (χ4v) is 7.11. The van der Waals surface area contributed by atoms with Gasteiger partial charge in [0.1, 0.15) is 0 Å². The molecule has 0 spiro atoms. The first-order valence-corrected chi connectivity index (χ1v) is 13.7. The van der Waals surface area contributed by atoms with E-state index in [0.717, 1.165) is 50.6 Å². The first-order chi connectivity index (χ1) is 13.7. The van der Waals surface area contributed by atoms with Gasteiger partial charge in [-0.2, -0.15) is 0 Å². The van der Waals surface area contributed by atoms with Crippen LogP contribution in [0.25, 0.3) is 0 Å². The zero-order chi connectivity index (χ0) is 21.2. The molecule has 0 N–H and O–H groups in total. The number of para-hydroxylation sites is 3. The molecule has 5 heteroatoms. The topological polar surface area (TPSA) is 27.7 Å². The summed E-state index contributed by atoms with van der Waals surface area (Å²) in [5.74, 6) is 2.17. The second-order valence-electron chi connectivity index (χ2n) is 7.45. The van der Waals surface area contributed by atoms with Crippen LogP contribution in [-0.2, 0) is 16.7 Å². The van der Waals surface area contributed by atoms with Gasteiger partial charge in [0.2, 0.25) is 0 Å². The van der Waals surface area contributed by atoms with Gasteiger partial charge in [0.05, 0.1) is 0 Å². The van der Waals surface area contributed by atoms with Crippen molar-refractivity contribution >= 4 is 9.30 Å². The van der Waals surface area contributed by atoms with E-state index in [1.165, 1.54) is 0 Å². The van der Waals surface area contributed by atoms with Crippen LogP contribution >= 0.6 is 9.30 Å². The fourth-order valence-electron chi connectivity index (χ4n) is 3.31. The third-order valence-electron chi connectivity index (χ3n) is 4.90. The van der Waals surface area contributed by atoms with Gasteiger partial charge in [-0.05, 0) is 0 Å². The Morgan fingerprint density at radius 1 is 0.483 bits per heavy atom. The molecule has 0 radical (unpaired) electrons. The van der Waals surface area contributed by atoms with Crippen molar-refractivity contribution in [2.45, 2.75) is 41.5 Å². The fraction of sp³-hybridized carbons (Fsp3) is 0.250. The molecule has 152 valence electrons. The van der Waals surface area contributed by atoms with Crippen LogP contribution in [0, 0.1) is 41.5 Å². The molecule has 3 aromatic rings. The van der Waals surface area contributed by atoms with Crippen molar-refractivity contribution < 1.29 is 26.6 Å². The van der Waals surface area contributed by atoms with Crippen LogP contribution in [0.3, 0.4) is 0 Å². The molecule has 3 rings (SSSR count). The summed E-state index contributed by atoms with van der Waals surface area (Å²) in [5, 5.41) is 0. The minimum atomic E-state index is -4.32. The molecule has 0 aromatic heterocycles. The first kappa shape index (κ1) is 21.8. The maximum absolute atomic E-state index is 7.10. The van der Waals surface area contributed by atoms with Crippen LogP contribution in [0.5, 0.6) is 17.2 Å². The molecule has 0 aliphatic rings. The minimum absolute atomic E-state index is 0.722. The van der Waals surface area contributed by atoms with Crippen LogP contribution in [0.4, 0.5) is 0 Å². The Hall–Kier alpha value is -1.94. The summed E-state index contributed by atoms with van der Waals surface area (Å²) in [6.07, 6.45) is 0. The Morgan fingerprint density at radius 2 is 0.690 bits per heavy atom. The quantitative estimate of drug-likeness (QED) is 0.377. The van der Waals surface area contributed by atoms with E-state index in [1.807, 2.05) is 96.1 Å². The Bertz CT molecular complexity index is 842. The van der Waals surface area contributed by atoms with Gasteiger partial charge in [0.15, 0.2) is 0 Å². The summed E-state index contributed by atoms with van der Waals surface area (Å²) in [6.45, 7) is 12.0. The molecule has 0 atom stereocenters.